The third-order valence-electron chi connectivity index (χ3n) is 4.64. The monoisotopic (exact) mass is 383 g/mol. The first-order valence-electron chi connectivity index (χ1n) is 9.23. The number of esters is 1. The van der Waals surface area contributed by atoms with Gasteiger partial charge in [0.05, 0.1) is 12.7 Å². The van der Waals surface area contributed by atoms with Gasteiger partial charge in [0.1, 0.15) is 0 Å². The molecule has 0 unspecified atom stereocenters. The fourth-order valence-electron chi connectivity index (χ4n) is 3.33. The first kappa shape index (κ1) is 19.2. The van der Waals surface area contributed by atoms with E-state index in [1.165, 1.54) is 31.2 Å². The van der Waals surface area contributed by atoms with Crippen molar-refractivity contribution in [1.82, 2.24) is 5.32 Å². The van der Waals surface area contributed by atoms with Crippen molar-refractivity contribution in [1.29, 1.82) is 0 Å². The summed E-state index contributed by atoms with van der Waals surface area (Å²) in [5.74, 6) is -0.362. The Kier molecular flexibility index (Phi) is 6.65. The molecule has 142 valence electrons. The number of rotatable bonds is 6. The molecule has 0 bridgehead atoms. The number of para-hydroxylation sites is 1. The maximum Gasteiger partial charge on any atom is 0.337 e. The molecule has 5 nitrogen and oxygen atoms in total. The van der Waals surface area contributed by atoms with Crippen molar-refractivity contribution in [3.8, 4) is 0 Å². The number of ether oxygens (including phenoxy) is 1. The topological polar surface area (TPSA) is 53.6 Å². The molecule has 2 N–H and O–H groups in total. The van der Waals surface area contributed by atoms with Crippen LogP contribution in [0, 0.1) is 0 Å². The molecule has 0 fully saturated rings. The third kappa shape index (κ3) is 5.20. The van der Waals surface area contributed by atoms with E-state index in [-0.39, 0.29) is 5.97 Å². The molecule has 0 spiro atoms. The van der Waals surface area contributed by atoms with E-state index in [1.54, 1.807) is 18.2 Å². The van der Waals surface area contributed by atoms with E-state index in [0.29, 0.717) is 10.7 Å². The number of thiocarbonyl (C=S) groups is 1. The van der Waals surface area contributed by atoms with Gasteiger partial charge in [-0.3, -0.25) is 0 Å². The minimum Gasteiger partial charge on any atom is -0.465 e. The molecule has 27 heavy (non-hydrogen) atoms. The molecule has 0 radical (unpaired) electrons. The van der Waals surface area contributed by atoms with Gasteiger partial charge < -0.3 is 20.3 Å². The number of methoxy groups -OCH3 is 1. The Bertz CT molecular complexity index is 810. The molecule has 1 aliphatic rings. The quantitative estimate of drug-likeness (QED) is 0.452. The normalized spacial score (nSPS) is 12.9. The van der Waals surface area contributed by atoms with Crippen LogP contribution in [0.3, 0.4) is 0 Å². The van der Waals surface area contributed by atoms with Crippen molar-refractivity contribution in [2.24, 2.45) is 0 Å². The van der Waals surface area contributed by atoms with Gasteiger partial charge in [-0.15, -0.1) is 0 Å². The molecule has 6 heteroatoms. The highest BCUT2D eigenvalue weighted by Gasteiger charge is 2.15. The van der Waals surface area contributed by atoms with E-state index in [0.717, 1.165) is 31.7 Å². The largest absolute Gasteiger partial charge is 0.465 e. The summed E-state index contributed by atoms with van der Waals surface area (Å²) in [4.78, 5) is 14.1. The molecule has 0 aromatic heterocycles. The Morgan fingerprint density at radius 2 is 2.07 bits per heavy atom. The van der Waals surface area contributed by atoms with Crippen LogP contribution in [0.1, 0.15) is 28.8 Å². The molecule has 0 saturated carbocycles. The third-order valence-corrected chi connectivity index (χ3v) is 4.88. The number of hydrogen-bond donors (Lipinski definition) is 2. The van der Waals surface area contributed by atoms with Gasteiger partial charge in [-0.25, -0.2) is 4.79 Å². The van der Waals surface area contributed by atoms with Crippen LogP contribution in [0.4, 0.5) is 11.4 Å². The lowest BCUT2D eigenvalue weighted by Gasteiger charge is -2.31. The molecule has 3 rings (SSSR count). The number of carbonyl (C=O) groups is 1. The van der Waals surface area contributed by atoms with Crippen molar-refractivity contribution in [3.63, 3.8) is 0 Å². The Hall–Kier alpha value is -2.60. The zero-order chi connectivity index (χ0) is 19.1. The van der Waals surface area contributed by atoms with E-state index in [2.05, 4.69) is 39.8 Å². The van der Waals surface area contributed by atoms with Crippen LogP contribution in [-0.4, -0.2) is 37.8 Å². The number of anilines is 2. The number of carbonyl (C=O) groups excluding carboxylic acids is 1. The second kappa shape index (κ2) is 9.37. The van der Waals surface area contributed by atoms with Crippen LogP contribution < -0.4 is 15.5 Å². The van der Waals surface area contributed by atoms with Gasteiger partial charge in [0.25, 0.3) is 0 Å². The molecule has 2 aromatic carbocycles. The molecule has 2 aromatic rings. The summed E-state index contributed by atoms with van der Waals surface area (Å²) in [5.41, 5.74) is 4.07. The Balaban J connectivity index is 1.44. The van der Waals surface area contributed by atoms with Crippen LogP contribution in [0.5, 0.6) is 0 Å². The van der Waals surface area contributed by atoms with Crippen molar-refractivity contribution >= 4 is 34.7 Å². The van der Waals surface area contributed by atoms with E-state index in [1.807, 2.05) is 6.07 Å². The highest BCUT2D eigenvalue weighted by Crippen LogP contribution is 2.26. The van der Waals surface area contributed by atoms with E-state index in [9.17, 15) is 4.79 Å². The fraction of sp³-hybridized carbons (Fsp3) is 0.333. The summed E-state index contributed by atoms with van der Waals surface area (Å²) in [5, 5.41) is 6.90. The zero-order valence-electron chi connectivity index (χ0n) is 15.5. The van der Waals surface area contributed by atoms with Crippen molar-refractivity contribution in [3.05, 3.63) is 59.7 Å². The maximum absolute atomic E-state index is 11.6. The molecular weight excluding hydrogens is 358 g/mol. The van der Waals surface area contributed by atoms with Crippen LogP contribution in [0.15, 0.2) is 48.5 Å². The molecular formula is C21H25N3O2S. The molecule has 1 heterocycles. The SMILES string of the molecule is COC(=O)c1cccc(NC(=S)NCCCN2CCCc3ccccc32)c1. The number of fused-ring (bicyclic) bond motifs is 1. The smallest absolute Gasteiger partial charge is 0.337 e. The van der Waals surface area contributed by atoms with Crippen molar-refractivity contribution < 1.29 is 9.53 Å². The molecule has 0 saturated heterocycles. The van der Waals surface area contributed by atoms with Gasteiger partial charge in [0.2, 0.25) is 0 Å². The van der Waals surface area contributed by atoms with Crippen LogP contribution in [0.2, 0.25) is 0 Å². The van der Waals surface area contributed by atoms with Crippen LogP contribution in [-0.2, 0) is 11.2 Å². The predicted octanol–water partition coefficient (Wildman–Crippen LogP) is 3.60. The van der Waals surface area contributed by atoms with Gasteiger partial charge in [-0.1, -0.05) is 24.3 Å². The average Bonchev–Trinajstić information content (AvgIpc) is 2.71. The van der Waals surface area contributed by atoms with Gasteiger partial charge in [0.15, 0.2) is 5.11 Å². The van der Waals surface area contributed by atoms with Crippen LogP contribution >= 0.6 is 12.2 Å². The highest BCUT2D eigenvalue weighted by molar-refractivity contribution is 7.80. The van der Waals surface area contributed by atoms with E-state index in [4.69, 9.17) is 17.0 Å². The molecule has 0 atom stereocenters. The zero-order valence-corrected chi connectivity index (χ0v) is 16.3. The van der Waals surface area contributed by atoms with E-state index < -0.39 is 0 Å². The molecule has 1 aliphatic heterocycles. The number of aryl methyl sites for hydroxylation is 1. The number of hydrogen-bond acceptors (Lipinski definition) is 4. The second-order valence-corrected chi connectivity index (χ2v) is 6.93. The summed E-state index contributed by atoms with van der Waals surface area (Å²) < 4.78 is 4.74. The summed E-state index contributed by atoms with van der Waals surface area (Å²) in [7, 11) is 1.37. The van der Waals surface area contributed by atoms with E-state index >= 15 is 0 Å². The lowest BCUT2D eigenvalue weighted by Crippen LogP contribution is -2.34. The van der Waals surface area contributed by atoms with Crippen LogP contribution in [0.25, 0.3) is 0 Å². The minimum absolute atomic E-state index is 0.362. The lowest BCUT2D eigenvalue weighted by molar-refractivity contribution is 0.0601. The fourth-order valence-corrected chi connectivity index (χ4v) is 3.55. The van der Waals surface area contributed by atoms with Gasteiger partial charge >= 0.3 is 5.97 Å². The summed E-state index contributed by atoms with van der Waals surface area (Å²) in [6.07, 6.45) is 3.38. The van der Waals surface area contributed by atoms with Gasteiger partial charge in [-0.05, 0) is 61.3 Å². The summed E-state index contributed by atoms with van der Waals surface area (Å²) in [6, 6.07) is 15.8. The van der Waals surface area contributed by atoms with Gasteiger partial charge in [0, 0.05) is 31.0 Å². The second-order valence-electron chi connectivity index (χ2n) is 6.53. The lowest BCUT2D eigenvalue weighted by atomic mass is 10.0. The Morgan fingerprint density at radius 1 is 1.22 bits per heavy atom. The highest BCUT2D eigenvalue weighted by atomic mass is 32.1. The Labute approximate surface area is 165 Å². The summed E-state index contributed by atoms with van der Waals surface area (Å²) in [6.45, 7) is 2.91. The van der Waals surface area contributed by atoms with Crippen molar-refractivity contribution in [2.75, 3.05) is 37.0 Å². The summed E-state index contributed by atoms with van der Waals surface area (Å²) >= 11 is 5.35. The van der Waals surface area contributed by atoms with Crippen molar-refractivity contribution in [2.45, 2.75) is 19.3 Å². The predicted molar refractivity (Wildman–Crippen MR) is 114 cm³/mol. The Morgan fingerprint density at radius 3 is 2.93 bits per heavy atom. The number of benzene rings is 2. The minimum atomic E-state index is -0.362. The molecule has 0 aliphatic carbocycles. The molecule has 0 amide bonds. The average molecular weight is 384 g/mol. The maximum atomic E-state index is 11.6. The standard InChI is InChI=1S/C21H25N3O2S/c1-26-20(25)17-8-4-10-18(15-17)23-21(27)22-12-6-14-24-13-5-9-16-7-2-3-11-19(16)24/h2-4,7-8,10-11,15H,5-6,9,12-14H2,1H3,(H2,22,23,27). The first-order valence-corrected chi connectivity index (χ1v) is 9.64. The van der Waals surface area contributed by atoms with Gasteiger partial charge in [-0.2, -0.15) is 0 Å². The number of nitrogens with one attached hydrogen (secondary N) is 2. The first-order chi connectivity index (χ1) is 13.2. The number of nitrogens with zero attached hydrogens (tertiary/aromatic N) is 1.